The minimum absolute atomic E-state index is 0.0205. The van der Waals surface area contributed by atoms with Gasteiger partial charge in [-0.1, -0.05) is 11.2 Å². The number of hydrogen-bond donors (Lipinski definition) is 0. The largest absolute Gasteiger partial charge is 0.374 e. The van der Waals surface area contributed by atoms with Crippen LogP contribution in [0.4, 0.5) is 0 Å². The third-order valence-electron chi connectivity index (χ3n) is 4.98. The summed E-state index contributed by atoms with van der Waals surface area (Å²) < 4.78 is 12.6. The second-order valence-electron chi connectivity index (χ2n) is 7.00. The number of pyridine rings is 1. The minimum Gasteiger partial charge on any atom is -0.374 e. The molecule has 2 atom stereocenters. The van der Waals surface area contributed by atoms with E-state index in [9.17, 15) is 9.59 Å². The number of carbonyl (C=O) groups is 1. The van der Waals surface area contributed by atoms with Crippen molar-refractivity contribution in [3.05, 3.63) is 46.0 Å². The Morgan fingerprint density at radius 3 is 2.96 bits per heavy atom. The van der Waals surface area contributed by atoms with E-state index in [1.807, 2.05) is 6.92 Å². The van der Waals surface area contributed by atoms with E-state index in [0.717, 1.165) is 12.8 Å². The van der Waals surface area contributed by atoms with E-state index in [0.29, 0.717) is 36.3 Å². The first-order chi connectivity index (χ1) is 12.5. The van der Waals surface area contributed by atoms with Gasteiger partial charge < -0.3 is 18.7 Å². The molecule has 8 nitrogen and oxygen atoms in total. The zero-order valence-electron chi connectivity index (χ0n) is 14.9. The molecular formula is C18H22N4O4. The maximum absolute atomic E-state index is 12.9. The van der Waals surface area contributed by atoms with Gasteiger partial charge in [-0.2, -0.15) is 4.98 Å². The molecule has 1 aliphatic carbocycles. The highest BCUT2D eigenvalue weighted by molar-refractivity contribution is 5.76. The standard InChI is InChI=1S/C18H22N4O4/c1-11-4-3-7-21(18(11)24)10-14(23)22-8-9-25-12(2)15(22)17-19-16(20-26-17)13-5-6-13/h3-4,7,12-13,15H,5-6,8-10H2,1-2H3/t12-,15+/m1/s1. The van der Waals surface area contributed by atoms with E-state index in [4.69, 9.17) is 9.26 Å². The van der Waals surface area contributed by atoms with E-state index in [2.05, 4.69) is 10.1 Å². The van der Waals surface area contributed by atoms with Gasteiger partial charge in [-0.3, -0.25) is 9.59 Å². The summed E-state index contributed by atoms with van der Waals surface area (Å²) >= 11 is 0. The highest BCUT2D eigenvalue weighted by Crippen LogP contribution is 2.39. The van der Waals surface area contributed by atoms with Crippen LogP contribution in [0, 0.1) is 6.92 Å². The van der Waals surface area contributed by atoms with Crippen molar-refractivity contribution in [2.75, 3.05) is 13.2 Å². The lowest BCUT2D eigenvalue weighted by Gasteiger charge is -2.37. The fourth-order valence-corrected chi connectivity index (χ4v) is 3.33. The average Bonchev–Trinajstić information content (AvgIpc) is 3.36. The molecule has 2 aromatic rings. The van der Waals surface area contributed by atoms with Crippen LogP contribution in [0.25, 0.3) is 0 Å². The third-order valence-corrected chi connectivity index (χ3v) is 4.98. The maximum Gasteiger partial charge on any atom is 0.253 e. The Morgan fingerprint density at radius 2 is 2.19 bits per heavy atom. The zero-order valence-corrected chi connectivity index (χ0v) is 14.9. The molecule has 0 N–H and O–H groups in total. The molecule has 1 saturated heterocycles. The monoisotopic (exact) mass is 358 g/mol. The lowest BCUT2D eigenvalue weighted by Crippen LogP contribution is -2.49. The number of aromatic nitrogens is 3. The van der Waals surface area contributed by atoms with Gasteiger partial charge in [0.1, 0.15) is 12.6 Å². The van der Waals surface area contributed by atoms with Crippen molar-refractivity contribution in [2.24, 2.45) is 0 Å². The van der Waals surface area contributed by atoms with Gasteiger partial charge in [0, 0.05) is 24.2 Å². The van der Waals surface area contributed by atoms with Gasteiger partial charge >= 0.3 is 0 Å². The molecule has 3 heterocycles. The van der Waals surface area contributed by atoms with Gasteiger partial charge in [0.05, 0.1) is 12.7 Å². The molecule has 1 saturated carbocycles. The first kappa shape index (κ1) is 17.0. The number of nitrogens with zero attached hydrogens (tertiary/aromatic N) is 4. The van der Waals surface area contributed by atoms with Crippen molar-refractivity contribution in [3.63, 3.8) is 0 Å². The fourth-order valence-electron chi connectivity index (χ4n) is 3.33. The maximum atomic E-state index is 12.9. The summed E-state index contributed by atoms with van der Waals surface area (Å²) in [6, 6.07) is 3.07. The van der Waals surface area contributed by atoms with Crippen LogP contribution in [-0.2, 0) is 16.1 Å². The number of aryl methyl sites for hydroxylation is 1. The third kappa shape index (κ3) is 3.16. The SMILES string of the molecule is Cc1cccn(CC(=O)N2CCO[C@H](C)[C@H]2c2nc(C3CC3)no2)c1=O. The van der Waals surface area contributed by atoms with E-state index >= 15 is 0 Å². The first-order valence-corrected chi connectivity index (χ1v) is 8.95. The topological polar surface area (TPSA) is 90.5 Å². The number of carbonyl (C=O) groups excluding carboxylic acids is 1. The Hall–Kier alpha value is -2.48. The fraction of sp³-hybridized carbons (Fsp3) is 0.556. The quantitative estimate of drug-likeness (QED) is 0.821. The molecule has 1 aliphatic heterocycles. The number of hydrogen-bond acceptors (Lipinski definition) is 6. The Kier molecular flexibility index (Phi) is 4.36. The summed E-state index contributed by atoms with van der Waals surface area (Å²) in [5.41, 5.74) is 0.450. The van der Waals surface area contributed by atoms with Crippen molar-refractivity contribution < 1.29 is 14.1 Å². The van der Waals surface area contributed by atoms with Crippen LogP contribution in [0.5, 0.6) is 0 Å². The Morgan fingerprint density at radius 1 is 1.38 bits per heavy atom. The van der Waals surface area contributed by atoms with Gasteiger partial charge in [0.25, 0.3) is 11.4 Å². The highest BCUT2D eigenvalue weighted by Gasteiger charge is 2.39. The second-order valence-corrected chi connectivity index (χ2v) is 7.00. The summed E-state index contributed by atoms with van der Waals surface area (Å²) in [7, 11) is 0. The van der Waals surface area contributed by atoms with Gasteiger partial charge in [-0.25, -0.2) is 0 Å². The lowest BCUT2D eigenvalue weighted by molar-refractivity contribution is -0.148. The van der Waals surface area contributed by atoms with Gasteiger partial charge in [-0.15, -0.1) is 0 Å². The van der Waals surface area contributed by atoms with E-state index < -0.39 is 6.04 Å². The van der Waals surface area contributed by atoms with E-state index in [1.54, 1.807) is 30.2 Å². The normalized spacial score (nSPS) is 23.2. The molecule has 0 spiro atoms. The second kappa shape index (κ2) is 6.68. The molecule has 26 heavy (non-hydrogen) atoms. The van der Waals surface area contributed by atoms with Crippen LogP contribution in [0.15, 0.2) is 27.6 Å². The molecule has 0 aromatic carbocycles. The van der Waals surface area contributed by atoms with Crippen LogP contribution in [-0.4, -0.2) is 44.8 Å². The molecule has 2 aromatic heterocycles. The average molecular weight is 358 g/mol. The smallest absolute Gasteiger partial charge is 0.253 e. The van der Waals surface area contributed by atoms with Crippen LogP contribution in [0.3, 0.4) is 0 Å². The Labute approximate surface area is 150 Å². The molecule has 4 rings (SSSR count). The molecular weight excluding hydrogens is 336 g/mol. The Balaban J connectivity index is 1.58. The molecule has 0 unspecified atom stereocenters. The van der Waals surface area contributed by atoms with Crippen LogP contribution in [0.1, 0.15) is 49.0 Å². The molecule has 0 radical (unpaired) electrons. The minimum atomic E-state index is -0.434. The summed E-state index contributed by atoms with van der Waals surface area (Å²) in [5.74, 6) is 1.33. The first-order valence-electron chi connectivity index (χ1n) is 8.95. The highest BCUT2D eigenvalue weighted by atomic mass is 16.5. The number of amides is 1. The van der Waals surface area contributed by atoms with Crippen molar-refractivity contribution >= 4 is 5.91 Å². The van der Waals surface area contributed by atoms with Crippen molar-refractivity contribution in [1.29, 1.82) is 0 Å². The zero-order chi connectivity index (χ0) is 18.3. The molecule has 2 fully saturated rings. The van der Waals surface area contributed by atoms with Crippen molar-refractivity contribution in [2.45, 2.75) is 51.3 Å². The number of rotatable bonds is 4. The van der Waals surface area contributed by atoms with E-state index in [-0.39, 0.29) is 24.1 Å². The molecule has 2 aliphatic rings. The van der Waals surface area contributed by atoms with Gasteiger partial charge in [0.2, 0.25) is 5.91 Å². The van der Waals surface area contributed by atoms with Crippen molar-refractivity contribution in [3.8, 4) is 0 Å². The summed E-state index contributed by atoms with van der Waals surface area (Å²) in [6.45, 7) is 4.48. The van der Waals surface area contributed by atoms with Crippen molar-refractivity contribution in [1.82, 2.24) is 19.6 Å². The molecule has 0 bridgehead atoms. The summed E-state index contributed by atoms with van der Waals surface area (Å²) in [4.78, 5) is 31.3. The van der Waals surface area contributed by atoms with Crippen LogP contribution >= 0.6 is 0 Å². The molecule has 1 amide bonds. The predicted octanol–water partition coefficient (Wildman–Crippen LogP) is 1.41. The predicted molar refractivity (Wildman–Crippen MR) is 91.6 cm³/mol. The summed E-state index contributed by atoms with van der Waals surface area (Å²) in [5, 5.41) is 4.06. The van der Waals surface area contributed by atoms with Gasteiger partial charge in [0.15, 0.2) is 5.82 Å². The van der Waals surface area contributed by atoms with Crippen LogP contribution < -0.4 is 5.56 Å². The molecule has 138 valence electrons. The summed E-state index contributed by atoms with van der Waals surface area (Å²) in [6.07, 6.45) is 3.53. The van der Waals surface area contributed by atoms with Crippen LogP contribution in [0.2, 0.25) is 0 Å². The Bertz CT molecular complexity index is 870. The molecule has 8 heteroatoms. The number of morpholine rings is 1. The van der Waals surface area contributed by atoms with E-state index in [1.165, 1.54) is 4.57 Å². The lowest BCUT2D eigenvalue weighted by atomic mass is 10.1. The number of ether oxygens (including phenoxy) is 1. The van der Waals surface area contributed by atoms with Gasteiger partial charge in [-0.05, 0) is 32.8 Å².